The van der Waals surface area contributed by atoms with E-state index in [4.69, 9.17) is 10.6 Å². The molecule has 0 atom stereocenters. The van der Waals surface area contributed by atoms with Gasteiger partial charge in [-0.25, -0.2) is 0 Å². The number of rotatable bonds is 0. The topological polar surface area (TPSA) is 49.0 Å². The number of nitrogens with zero attached hydrogens (tertiary/aromatic N) is 1. The number of aryl methyl sites for hydroxylation is 1. The maximum Gasteiger partial charge on any atom is 0.216 e. The second-order valence-corrected chi connectivity index (χ2v) is 2.73. The Morgan fingerprint density at radius 2 is 2.50 bits per heavy atom. The molecule has 0 spiro atoms. The van der Waals surface area contributed by atoms with E-state index in [1.807, 2.05) is 6.92 Å². The fourth-order valence-corrected chi connectivity index (χ4v) is 1.06. The number of nitrogens with one attached hydrogen (secondary N) is 1. The molecule has 0 saturated carbocycles. The lowest BCUT2D eigenvalue weighted by Gasteiger charge is -1.80. The van der Waals surface area contributed by atoms with E-state index in [0.29, 0.717) is 0 Å². The van der Waals surface area contributed by atoms with Crippen molar-refractivity contribution in [1.82, 2.24) is 4.73 Å². The fraction of sp³-hybridized carbons (Fsp3) is 0.250. The number of hydrogen-bond donors (Lipinski definition) is 2. The molecule has 2 N–H and O–H groups in total. The first-order valence-electron chi connectivity index (χ1n) is 2.13. The molecule has 1 aromatic heterocycles. The highest BCUT2D eigenvalue weighted by Crippen LogP contribution is 1.96. The second-order valence-electron chi connectivity index (χ2n) is 1.49. The maximum absolute atomic E-state index is 8.68. The third kappa shape index (κ3) is 0.742. The molecule has 8 heavy (non-hydrogen) atoms. The lowest BCUT2D eigenvalue weighted by Crippen LogP contribution is -2.06. The van der Waals surface area contributed by atoms with Crippen molar-refractivity contribution >= 4 is 11.3 Å². The Bertz CT molecular complexity index is 236. The normalized spacial score (nSPS) is 9.62. The summed E-state index contributed by atoms with van der Waals surface area (Å²) in [7, 11) is 0. The summed E-state index contributed by atoms with van der Waals surface area (Å²) < 4.78 is 0.806. The lowest BCUT2D eigenvalue weighted by molar-refractivity contribution is 0.176. The largest absolute Gasteiger partial charge is 0.426 e. The molecule has 0 aliphatic rings. The smallest absolute Gasteiger partial charge is 0.216 e. The van der Waals surface area contributed by atoms with E-state index in [9.17, 15) is 0 Å². The lowest BCUT2D eigenvalue weighted by atomic mass is 10.7. The summed E-state index contributed by atoms with van der Waals surface area (Å²) >= 11 is 1.25. The summed E-state index contributed by atoms with van der Waals surface area (Å²) in [6, 6.07) is 0. The van der Waals surface area contributed by atoms with Crippen LogP contribution in [0.2, 0.25) is 0 Å². The Kier molecular flexibility index (Phi) is 1.09. The van der Waals surface area contributed by atoms with Gasteiger partial charge in [0.2, 0.25) is 4.80 Å². The van der Waals surface area contributed by atoms with Crippen LogP contribution in [0, 0.1) is 12.3 Å². The van der Waals surface area contributed by atoms with Gasteiger partial charge in [-0.2, -0.15) is 4.73 Å². The quantitative estimate of drug-likeness (QED) is 0.496. The van der Waals surface area contributed by atoms with Gasteiger partial charge in [-0.1, -0.05) is 11.3 Å². The fourth-order valence-electron chi connectivity index (χ4n) is 0.456. The molecular weight excluding hydrogens is 124 g/mol. The van der Waals surface area contributed by atoms with Crippen LogP contribution in [0.1, 0.15) is 4.88 Å². The van der Waals surface area contributed by atoms with Crippen LogP contribution in [-0.4, -0.2) is 9.94 Å². The highest BCUT2D eigenvalue weighted by Gasteiger charge is 1.90. The first-order valence-corrected chi connectivity index (χ1v) is 2.95. The molecule has 0 radical (unpaired) electrons. The van der Waals surface area contributed by atoms with Crippen molar-refractivity contribution in [1.29, 1.82) is 5.41 Å². The van der Waals surface area contributed by atoms with E-state index < -0.39 is 0 Å². The Morgan fingerprint density at radius 1 is 1.88 bits per heavy atom. The average molecular weight is 130 g/mol. The molecule has 0 unspecified atom stereocenters. The highest BCUT2D eigenvalue weighted by atomic mass is 32.1. The highest BCUT2D eigenvalue weighted by molar-refractivity contribution is 7.09. The summed E-state index contributed by atoms with van der Waals surface area (Å²) in [5.41, 5.74) is 0. The van der Waals surface area contributed by atoms with Gasteiger partial charge < -0.3 is 5.21 Å². The summed E-state index contributed by atoms with van der Waals surface area (Å²) in [6.07, 6.45) is 1.51. The molecule has 1 rings (SSSR count). The van der Waals surface area contributed by atoms with Gasteiger partial charge >= 0.3 is 0 Å². The monoisotopic (exact) mass is 130 g/mol. The summed E-state index contributed by atoms with van der Waals surface area (Å²) in [5.74, 6) is 0. The van der Waals surface area contributed by atoms with E-state index in [2.05, 4.69) is 0 Å². The molecular formula is C4H6N2OS. The van der Waals surface area contributed by atoms with Crippen molar-refractivity contribution in [3.05, 3.63) is 15.9 Å². The number of thiazole rings is 1. The zero-order valence-electron chi connectivity index (χ0n) is 4.38. The summed E-state index contributed by atoms with van der Waals surface area (Å²) in [4.78, 5) is 1.11. The minimum absolute atomic E-state index is 0.169. The second kappa shape index (κ2) is 1.63. The van der Waals surface area contributed by atoms with E-state index in [1.54, 1.807) is 0 Å². The van der Waals surface area contributed by atoms with E-state index in [-0.39, 0.29) is 4.80 Å². The van der Waals surface area contributed by atoms with Crippen LogP contribution in [0.25, 0.3) is 0 Å². The average Bonchev–Trinajstić information content (AvgIpc) is 1.85. The summed E-state index contributed by atoms with van der Waals surface area (Å²) in [6.45, 7) is 1.84. The predicted molar refractivity (Wildman–Crippen MR) is 30.1 cm³/mol. The van der Waals surface area contributed by atoms with Gasteiger partial charge in [0.15, 0.2) is 0 Å². The zero-order chi connectivity index (χ0) is 6.15. The first-order chi connectivity index (χ1) is 3.70. The van der Waals surface area contributed by atoms with Gasteiger partial charge in [0, 0.05) is 4.88 Å². The molecule has 0 fully saturated rings. The van der Waals surface area contributed by atoms with Crippen LogP contribution >= 0.6 is 11.3 Å². The number of hydrogen-bond acceptors (Lipinski definition) is 3. The third-order valence-corrected chi connectivity index (χ3v) is 1.58. The molecule has 0 aliphatic carbocycles. The molecule has 0 aromatic carbocycles. The third-order valence-electron chi connectivity index (χ3n) is 0.770. The van der Waals surface area contributed by atoms with Crippen LogP contribution in [-0.2, 0) is 0 Å². The molecule has 0 bridgehead atoms. The van der Waals surface area contributed by atoms with Crippen LogP contribution in [0.3, 0.4) is 0 Å². The minimum Gasteiger partial charge on any atom is -0.426 e. The van der Waals surface area contributed by atoms with Gasteiger partial charge in [0.1, 0.15) is 0 Å². The molecule has 1 aromatic rings. The molecule has 44 valence electrons. The first kappa shape index (κ1) is 5.37. The van der Waals surface area contributed by atoms with Gasteiger partial charge in [0.25, 0.3) is 0 Å². The van der Waals surface area contributed by atoms with E-state index in [1.165, 1.54) is 17.5 Å². The zero-order valence-corrected chi connectivity index (χ0v) is 5.20. The van der Waals surface area contributed by atoms with Gasteiger partial charge in [0.05, 0.1) is 6.20 Å². The predicted octanol–water partition coefficient (Wildman–Crippen LogP) is 0.575. The molecule has 0 saturated heterocycles. The molecule has 4 heteroatoms. The molecule has 1 heterocycles. The number of aromatic nitrogens is 1. The van der Waals surface area contributed by atoms with Gasteiger partial charge in [-0.15, -0.1) is 0 Å². The molecule has 0 amide bonds. The summed E-state index contributed by atoms with van der Waals surface area (Å²) in [5, 5.41) is 15.7. The molecule has 0 aliphatic heterocycles. The van der Waals surface area contributed by atoms with Crippen molar-refractivity contribution in [2.75, 3.05) is 0 Å². The van der Waals surface area contributed by atoms with Gasteiger partial charge in [-0.05, 0) is 6.92 Å². The van der Waals surface area contributed by atoms with E-state index >= 15 is 0 Å². The molecule has 3 nitrogen and oxygen atoms in total. The SMILES string of the molecule is Cc1cn(O)c(=N)s1. The van der Waals surface area contributed by atoms with Crippen LogP contribution in [0.4, 0.5) is 0 Å². The van der Waals surface area contributed by atoms with Crippen molar-refractivity contribution in [3.8, 4) is 0 Å². The minimum atomic E-state index is 0.169. The van der Waals surface area contributed by atoms with Crippen LogP contribution in [0.5, 0.6) is 0 Å². The van der Waals surface area contributed by atoms with Crippen molar-refractivity contribution in [3.63, 3.8) is 0 Å². The maximum atomic E-state index is 8.68. The Morgan fingerprint density at radius 3 is 2.62 bits per heavy atom. The van der Waals surface area contributed by atoms with Crippen molar-refractivity contribution < 1.29 is 5.21 Å². The van der Waals surface area contributed by atoms with Crippen LogP contribution in [0.15, 0.2) is 6.20 Å². The van der Waals surface area contributed by atoms with Crippen molar-refractivity contribution in [2.45, 2.75) is 6.92 Å². The Hall–Kier alpha value is -0.770. The van der Waals surface area contributed by atoms with Gasteiger partial charge in [-0.3, -0.25) is 5.41 Å². The Labute approximate surface area is 50.3 Å². The van der Waals surface area contributed by atoms with Crippen LogP contribution < -0.4 is 4.80 Å². The standard InChI is InChI=1S/C4H6N2OS/c1-3-2-6(7)4(5)8-3/h2,5,7H,1H3. The Balaban J connectivity index is 3.35. The van der Waals surface area contributed by atoms with E-state index in [0.717, 1.165) is 9.61 Å². The van der Waals surface area contributed by atoms with Crippen molar-refractivity contribution in [2.24, 2.45) is 0 Å².